The van der Waals surface area contributed by atoms with Crippen LogP contribution in [-0.4, -0.2) is 27.6 Å². The van der Waals surface area contributed by atoms with Gasteiger partial charge in [-0.3, -0.25) is 4.40 Å². The molecule has 2 rings (SSSR count). The molecule has 0 radical (unpaired) electrons. The molecule has 0 spiro atoms. The molecule has 3 N–H and O–H groups in total. The van der Waals surface area contributed by atoms with Gasteiger partial charge in [-0.1, -0.05) is 0 Å². The molecule has 0 aliphatic heterocycles. The lowest BCUT2D eigenvalue weighted by atomic mass is 10.3. The van der Waals surface area contributed by atoms with Crippen molar-refractivity contribution in [1.82, 2.24) is 9.38 Å². The molecule has 0 aliphatic carbocycles. The van der Waals surface area contributed by atoms with E-state index in [9.17, 15) is 9.90 Å². The summed E-state index contributed by atoms with van der Waals surface area (Å²) in [4.78, 5) is 15.5. The highest BCUT2D eigenvalue weighted by Crippen LogP contribution is 2.18. The number of carbonyl (C=O) groups excluding carboxylic acids is 1. The van der Waals surface area contributed by atoms with Crippen molar-refractivity contribution in [1.29, 1.82) is 0 Å². The summed E-state index contributed by atoms with van der Waals surface area (Å²) in [6.45, 7) is 0.168. The number of methoxy groups -OCH3 is 1. The number of aromatic hydroxyl groups is 1. The zero-order valence-electron chi connectivity index (χ0n) is 8.67. The van der Waals surface area contributed by atoms with E-state index in [-0.39, 0.29) is 18.0 Å². The summed E-state index contributed by atoms with van der Waals surface area (Å²) >= 11 is 0. The normalized spacial score (nSPS) is 10.6. The Morgan fingerprint density at radius 1 is 1.62 bits per heavy atom. The zero-order chi connectivity index (χ0) is 11.7. The predicted octanol–water partition coefficient (Wildman–Crippen LogP) is 0.285. The van der Waals surface area contributed by atoms with Gasteiger partial charge >= 0.3 is 5.97 Å². The number of hydrogen-bond donors (Lipinski definition) is 2. The van der Waals surface area contributed by atoms with Crippen molar-refractivity contribution in [3.8, 4) is 5.75 Å². The number of aromatic nitrogens is 2. The van der Waals surface area contributed by atoms with E-state index < -0.39 is 5.97 Å². The predicted molar refractivity (Wildman–Crippen MR) is 56.1 cm³/mol. The first-order valence-corrected chi connectivity index (χ1v) is 4.65. The topological polar surface area (TPSA) is 89.8 Å². The summed E-state index contributed by atoms with van der Waals surface area (Å²) in [6.07, 6.45) is 1.46. The van der Waals surface area contributed by atoms with Crippen LogP contribution >= 0.6 is 0 Å². The monoisotopic (exact) mass is 221 g/mol. The Morgan fingerprint density at radius 2 is 2.38 bits per heavy atom. The molecule has 2 aromatic rings. The van der Waals surface area contributed by atoms with E-state index in [1.165, 1.54) is 19.4 Å². The molecular formula is C10H11N3O3. The molecule has 0 aromatic carbocycles. The summed E-state index contributed by atoms with van der Waals surface area (Å²) in [5, 5.41) is 9.35. The van der Waals surface area contributed by atoms with Crippen LogP contribution in [-0.2, 0) is 11.3 Å². The number of rotatable bonds is 2. The second kappa shape index (κ2) is 3.82. The largest absolute Gasteiger partial charge is 0.506 e. The highest BCUT2D eigenvalue weighted by atomic mass is 16.5. The molecule has 16 heavy (non-hydrogen) atoms. The van der Waals surface area contributed by atoms with Gasteiger partial charge in [-0.15, -0.1) is 0 Å². The van der Waals surface area contributed by atoms with Crippen LogP contribution in [0.25, 0.3) is 5.52 Å². The van der Waals surface area contributed by atoms with Gasteiger partial charge in [-0.25, -0.2) is 9.78 Å². The summed E-state index contributed by atoms with van der Waals surface area (Å²) in [5.74, 6) is 0.0465. The number of fused-ring (bicyclic) bond motifs is 1. The Bertz CT molecular complexity index is 547. The maximum absolute atomic E-state index is 11.4. The lowest BCUT2D eigenvalue weighted by molar-refractivity contribution is 0.0597. The van der Waals surface area contributed by atoms with Crippen molar-refractivity contribution >= 4 is 11.5 Å². The van der Waals surface area contributed by atoms with E-state index in [2.05, 4.69) is 9.72 Å². The lowest BCUT2D eigenvalue weighted by Crippen LogP contribution is -2.03. The number of pyridine rings is 1. The van der Waals surface area contributed by atoms with Crippen molar-refractivity contribution in [2.75, 3.05) is 7.11 Å². The fourth-order valence-corrected chi connectivity index (χ4v) is 1.53. The maximum Gasteiger partial charge on any atom is 0.358 e. The lowest BCUT2D eigenvalue weighted by Gasteiger charge is -1.99. The van der Waals surface area contributed by atoms with Crippen LogP contribution < -0.4 is 5.73 Å². The minimum Gasteiger partial charge on any atom is -0.506 e. The first kappa shape index (κ1) is 10.4. The number of hydrogen-bond acceptors (Lipinski definition) is 5. The SMILES string of the molecule is COC(=O)c1nc(CN)n2cc(O)ccc12. The summed E-state index contributed by atoms with van der Waals surface area (Å²) in [6, 6.07) is 3.07. The molecule has 0 amide bonds. The van der Waals surface area contributed by atoms with Crippen molar-refractivity contribution in [2.45, 2.75) is 6.54 Å². The molecule has 2 aromatic heterocycles. The van der Waals surface area contributed by atoms with Crippen LogP contribution in [0.3, 0.4) is 0 Å². The minimum absolute atomic E-state index is 0.0796. The summed E-state index contributed by atoms with van der Waals surface area (Å²) in [7, 11) is 1.29. The van der Waals surface area contributed by atoms with E-state index in [1.807, 2.05) is 0 Å². The van der Waals surface area contributed by atoms with Gasteiger partial charge in [0.2, 0.25) is 0 Å². The van der Waals surface area contributed by atoms with Gasteiger partial charge in [0.15, 0.2) is 5.69 Å². The number of ether oxygens (including phenoxy) is 1. The molecule has 6 nitrogen and oxygen atoms in total. The first-order valence-electron chi connectivity index (χ1n) is 4.65. The fourth-order valence-electron chi connectivity index (χ4n) is 1.53. The third-order valence-electron chi connectivity index (χ3n) is 2.26. The number of carbonyl (C=O) groups is 1. The summed E-state index contributed by atoms with van der Waals surface area (Å²) < 4.78 is 6.19. The van der Waals surface area contributed by atoms with Crippen molar-refractivity contribution in [3.05, 3.63) is 29.8 Å². The molecule has 0 aliphatic rings. The van der Waals surface area contributed by atoms with E-state index in [1.54, 1.807) is 10.5 Å². The van der Waals surface area contributed by atoms with Gasteiger partial charge in [-0.2, -0.15) is 0 Å². The van der Waals surface area contributed by atoms with Gasteiger partial charge in [0, 0.05) is 0 Å². The van der Waals surface area contributed by atoms with E-state index in [0.717, 1.165) is 0 Å². The highest BCUT2D eigenvalue weighted by molar-refractivity contribution is 5.95. The Labute approximate surface area is 91.3 Å². The quantitative estimate of drug-likeness (QED) is 0.711. The number of nitrogens with zero attached hydrogens (tertiary/aromatic N) is 2. The second-order valence-electron chi connectivity index (χ2n) is 3.21. The van der Waals surface area contributed by atoms with Crippen LogP contribution in [0.2, 0.25) is 0 Å². The molecule has 6 heteroatoms. The second-order valence-corrected chi connectivity index (χ2v) is 3.21. The Morgan fingerprint density at radius 3 is 3.00 bits per heavy atom. The van der Waals surface area contributed by atoms with Crippen molar-refractivity contribution in [2.24, 2.45) is 5.73 Å². The molecule has 84 valence electrons. The molecule has 0 fully saturated rings. The van der Waals surface area contributed by atoms with Gasteiger partial charge in [-0.05, 0) is 12.1 Å². The van der Waals surface area contributed by atoms with Crippen LogP contribution in [0.5, 0.6) is 5.75 Å². The van der Waals surface area contributed by atoms with Crippen LogP contribution in [0.15, 0.2) is 18.3 Å². The number of nitrogens with two attached hydrogens (primary N) is 1. The molecule has 0 bridgehead atoms. The minimum atomic E-state index is -0.525. The molecule has 2 heterocycles. The smallest absolute Gasteiger partial charge is 0.358 e. The highest BCUT2D eigenvalue weighted by Gasteiger charge is 2.17. The maximum atomic E-state index is 11.4. The van der Waals surface area contributed by atoms with E-state index in [4.69, 9.17) is 5.73 Å². The Balaban J connectivity index is 2.72. The Hall–Kier alpha value is -2.08. The van der Waals surface area contributed by atoms with E-state index in [0.29, 0.717) is 11.3 Å². The van der Waals surface area contributed by atoms with Gasteiger partial charge < -0.3 is 15.6 Å². The molecule has 0 unspecified atom stereocenters. The molecule has 0 atom stereocenters. The first-order chi connectivity index (χ1) is 7.67. The zero-order valence-corrected chi connectivity index (χ0v) is 8.67. The average molecular weight is 221 g/mol. The third kappa shape index (κ3) is 1.49. The van der Waals surface area contributed by atoms with Crippen LogP contribution in [0.1, 0.15) is 16.3 Å². The van der Waals surface area contributed by atoms with Gasteiger partial charge in [0.05, 0.1) is 25.4 Å². The standard InChI is InChI=1S/C10H11N3O3/c1-16-10(15)9-7-3-2-6(14)5-13(7)8(4-11)12-9/h2-3,5,14H,4,11H2,1H3. The van der Waals surface area contributed by atoms with Crippen molar-refractivity contribution < 1.29 is 14.6 Å². The average Bonchev–Trinajstić information content (AvgIpc) is 2.66. The van der Waals surface area contributed by atoms with Crippen LogP contribution in [0.4, 0.5) is 0 Å². The third-order valence-corrected chi connectivity index (χ3v) is 2.26. The number of imidazole rings is 1. The van der Waals surface area contributed by atoms with Crippen molar-refractivity contribution in [3.63, 3.8) is 0 Å². The fraction of sp³-hybridized carbons (Fsp3) is 0.200. The molecule has 0 saturated heterocycles. The summed E-state index contributed by atoms with van der Waals surface area (Å²) in [5.41, 5.74) is 6.26. The molecular weight excluding hydrogens is 210 g/mol. The van der Waals surface area contributed by atoms with Gasteiger partial charge in [0.25, 0.3) is 0 Å². The number of esters is 1. The Kier molecular flexibility index (Phi) is 2.49. The van der Waals surface area contributed by atoms with Crippen LogP contribution in [0, 0.1) is 0 Å². The van der Waals surface area contributed by atoms with Gasteiger partial charge in [0.1, 0.15) is 11.6 Å². The molecule has 0 saturated carbocycles. The van der Waals surface area contributed by atoms with E-state index >= 15 is 0 Å².